The second-order valence-corrected chi connectivity index (χ2v) is 5.91. The quantitative estimate of drug-likeness (QED) is 0.296. The maximum absolute atomic E-state index is 8.58. The molecule has 1 rings (SSSR count). The Labute approximate surface area is 108 Å². The van der Waals surface area contributed by atoms with Crippen molar-refractivity contribution in [2.45, 2.75) is 62.8 Å². The summed E-state index contributed by atoms with van der Waals surface area (Å²) >= 11 is 1.99. The summed E-state index contributed by atoms with van der Waals surface area (Å²) in [6.07, 6.45) is 8.95. The summed E-state index contributed by atoms with van der Waals surface area (Å²) in [7, 11) is 0. The maximum atomic E-state index is 8.58. The first-order chi connectivity index (χ1) is 8.19. The molecular weight excluding hydrogens is 234 g/mol. The molecule has 4 N–H and O–H groups in total. The number of nitrogens with one attached hydrogen (secondary N) is 1. The first kappa shape index (κ1) is 14.6. The van der Waals surface area contributed by atoms with Gasteiger partial charge in [0.2, 0.25) is 0 Å². The van der Waals surface area contributed by atoms with Crippen LogP contribution in [0.1, 0.15) is 45.4 Å². The van der Waals surface area contributed by atoms with Gasteiger partial charge in [0.1, 0.15) is 5.84 Å². The third-order valence-electron chi connectivity index (χ3n) is 3.56. The largest absolute Gasteiger partial charge is 0.409 e. The van der Waals surface area contributed by atoms with Crippen LogP contribution < -0.4 is 11.1 Å². The lowest BCUT2D eigenvalue weighted by Crippen LogP contribution is -2.42. The summed E-state index contributed by atoms with van der Waals surface area (Å²) in [6, 6.07) is 0.941. The number of hydrogen-bond acceptors (Lipinski definition) is 4. The maximum Gasteiger partial charge on any atom is 0.140 e. The average Bonchev–Trinajstić information content (AvgIpc) is 2.38. The Balaban J connectivity index is 2.32. The Morgan fingerprint density at radius 3 is 2.59 bits per heavy atom. The second kappa shape index (κ2) is 7.82. The highest BCUT2D eigenvalue weighted by molar-refractivity contribution is 7.99. The summed E-state index contributed by atoms with van der Waals surface area (Å²) in [5.74, 6) is 0.321. The van der Waals surface area contributed by atoms with E-state index in [1.54, 1.807) is 0 Å². The van der Waals surface area contributed by atoms with Crippen molar-refractivity contribution in [1.29, 1.82) is 0 Å². The molecule has 1 aliphatic carbocycles. The Hall–Kier alpha value is -0.420. The van der Waals surface area contributed by atoms with Crippen LogP contribution in [0, 0.1) is 0 Å². The van der Waals surface area contributed by atoms with Gasteiger partial charge in [-0.1, -0.05) is 12.1 Å². The highest BCUT2D eigenvalue weighted by Crippen LogP contribution is 2.27. The number of nitrogens with zero attached hydrogens (tertiary/aromatic N) is 1. The van der Waals surface area contributed by atoms with E-state index in [-0.39, 0.29) is 0 Å². The molecule has 0 aromatic rings. The minimum absolute atomic E-state index is 0.321. The van der Waals surface area contributed by atoms with E-state index in [4.69, 9.17) is 10.9 Å². The molecule has 0 heterocycles. The molecular formula is C12H25N3OS. The van der Waals surface area contributed by atoms with Crippen molar-refractivity contribution in [1.82, 2.24) is 5.32 Å². The third-order valence-corrected chi connectivity index (χ3v) is 4.69. The van der Waals surface area contributed by atoms with E-state index in [0.29, 0.717) is 24.3 Å². The predicted octanol–water partition coefficient (Wildman–Crippen LogP) is 2.17. The minimum atomic E-state index is 0.321. The molecule has 0 bridgehead atoms. The zero-order valence-corrected chi connectivity index (χ0v) is 11.7. The van der Waals surface area contributed by atoms with Crippen LogP contribution in [0.25, 0.3) is 0 Å². The number of thioether (sulfide) groups is 1. The lowest BCUT2D eigenvalue weighted by atomic mass is 9.93. The fourth-order valence-electron chi connectivity index (χ4n) is 2.41. The van der Waals surface area contributed by atoms with Gasteiger partial charge in [-0.05, 0) is 38.4 Å². The van der Waals surface area contributed by atoms with E-state index in [0.717, 1.165) is 11.7 Å². The summed E-state index contributed by atoms with van der Waals surface area (Å²) < 4.78 is 0. The van der Waals surface area contributed by atoms with Gasteiger partial charge < -0.3 is 16.3 Å². The zero-order chi connectivity index (χ0) is 12.7. The summed E-state index contributed by atoms with van der Waals surface area (Å²) in [4.78, 5) is 0. The second-order valence-electron chi connectivity index (χ2n) is 4.78. The molecule has 1 unspecified atom stereocenters. The smallest absolute Gasteiger partial charge is 0.140 e. The van der Waals surface area contributed by atoms with Crippen molar-refractivity contribution in [3.8, 4) is 0 Å². The fourth-order valence-corrected chi connectivity index (χ4v) is 3.16. The van der Waals surface area contributed by atoms with Gasteiger partial charge in [0.05, 0.1) is 0 Å². The number of nitrogens with two attached hydrogens (primary N) is 1. The molecule has 0 amide bonds. The van der Waals surface area contributed by atoms with E-state index < -0.39 is 0 Å². The topological polar surface area (TPSA) is 70.6 Å². The summed E-state index contributed by atoms with van der Waals surface area (Å²) in [6.45, 7) is 2.13. The van der Waals surface area contributed by atoms with E-state index in [9.17, 15) is 0 Å². The molecule has 1 atom stereocenters. The monoisotopic (exact) mass is 259 g/mol. The number of hydrogen-bond donors (Lipinski definition) is 3. The Kier molecular flexibility index (Phi) is 6.73. The first-order valence-electron chi connectivity index (χ1n) is 6.44. The van der Waals surface area contributed by atoms with Gasteiger partial charge in [-0.25, -0.2) is 0 Å². The Bertz CT molecular complexity index is 240. The van der Waals surface area contributed by atoms with Crippen LogP contribution in [0.3, 0.4) is 0 Å². The van der Waals surface area contributed by atoms with Crippen LogP contribution in [0.5, 0.6) is 0 Å². The SMILES string of the molecule is CCC(CC(N)=NO)NC1CCC(SC)CC1. The third kappa shape index (κ3) is 5.17. The molecule has 1 saturated carbocycles. The van der Waals surface area contributed by atoms with E-state index >= 15 is 0 Å². The van der Waals surface area contributed by atoms with Gasteiger partial charge in [0.25, 0.3) is 0 Å². The van der Waals surface area contributed by atoms with Crippen molar-refractivity contribution < 1.29 is 5.21 Å². The molecule has 0 spiro atoms. The van der Waals surface area contributed by atoms with Crippen molar-refractivity contribution >= 4 is 17.6 Å². The van der Waals surface area contributed by atoms with Gasteiger partial charge in [0, 0.05) is 23.8 Å². The number of oxime groups is 1. The van der Waals surface area contributed by atoms with Crippen molar-refractivity contribution in [2.24, 2.45) is 10.9 Å². The lowest BCUT2D eigenvalue weighted by molar-refractivity contribution is 0.310. The molecule has 5 heteroatoms. The van der Waals surface area contributed by atoms with Gasteiger partial charge in [0.15, 0.2) is 0 Å². The number of rotatable bonds is 6. The van der Waals surface area contributed by atoms with Crippen LogP contribution in [0.2, 0.25) is 0 Å². The Morgan fingerprint density at radius 1 is 1.47 bits per heavy atom. The Morgan fingerprint density at radius 2 is 2.12 bits per heavy atom. The van der Waals surface area contributed by atoms with E-state index in [2.05, 4.69) is 23.7 Å². The molecule has 0 aliphatic heterocycles. The molecule has 4 nitrogen and oxygen atoms in total. The molecule has 17 heavy (non-hydrogen) atoms. The summed E-state index contributed by atoms with van der Waals surface area (Å²) in [5, 5.41) is 16.1. The first-order valence-corrected chi connectivity index (χ1v) is 7.73. The van der Waals surface area contributed by atoms with Crippen molar-refractivity contribution in [3.05, 3.63) is 0 Å². The predicted molar refractivity (Wildman–Crippen MR) is 74.8 cm³/mol. The molecule has 1 fully saturated rings. The molecule has 0 aromatic heterocycles. The van der Waals surface area contributed by atoms with Crippen LogP contribution in [-0.4, -0.2) is 34.6 Å². The number of amidine groups is 1. The fraction of sp³-hybridized carbons (Fsp3) is 0.917. The van der Waals surface area contributed by atoms with Gasteiger partial charge in [-0.3, -0.25) is 0 Å². The highest BCUT2D eigenvalue weighted by atomic mass is 32.2. The summed E-state index contributed by atoms with van der Waals surface area (Å²) in [5.41, 5.74) is 5.55. The van der Waals surface area contributed by atoms with Gasteiger partial charge in [-0.2, -0.15) is 11.8 Å². The zero-order valence-electron chi connectivity index (χ0n) is 10.9. The minimum Gasteiger partial charge on any atom is -0.409 e. The molecule has 100 valence electrons. The normalized spacial score (nSPS) is 28.0. The molecule has 0 radical (unpaired) electrons. The average molecular weight is 259 g/mol. The van der Waals surface area contributed by atoms with Gasteiger partial charge >= 0.3 is 0 Å². The molecule has 0 saturated heterocycles. The van der Waals surface area contributed by atoms with Crippen molar-refractivity contribution in [2.75, 3.05) is 6.26 Å². The standard InChI is InChI=1S/C12H25N3OS/c1-3-9(8-12(13)15-16)14-10-4-6-11(17-2)7-5-10/h9-11,14,16H,3-8H2,1-2H3,(H2,13,15). The van der Waals surface area contributed by atoms with Crippen LogP contribution in [0.4, 0.5) is 0 Å². The highest BCUT2D eigenvalue weighted by Gasteiger charge is 2.22. The molecule has 0 aromatic carbocycles. The van der Waals surface area contributed by atoms with Gasteiger partial charge in [-0.15, -0.1) is 0 Å². The lowest BCUT2D eigenvalue weighted by Gasteiger charge is -2.31. The van der Waals surface area contributed by atoms with Crippen LogP contribution in [-0.2, 0) is 0 Å². The van der Waals surface area contributed by atoms with E-state index in [1.165, 1.54) is 25.7 Å². The molecule has 1 aliphatic rings. The van der Waals surface area contributed by atoms with E-state index in [1.807, 2.05) is 11.8 Å². The van der Waals surface area contributed by atoms with Crippen molar-refractivity contribution in [3.63, 3.8) is 0 Å². The van der Waals surface area contributed by atoms with Crippen LogP contribution in [0.15, 0.2) is 5.16 Å². The van der Waals surface area contributed by atoms with Crippen LogP contribution >= 0.6 is 11.8 Å².